The molecule has 4 N–H and O–H groups in total. The lowest BCUT2D eigenvalue weighted by Crippen LogP contribution is -2.29. The fourth-order valence-corrected chi connectivity index (χ4v) is 7.62. The van der Waals surface area contributed by atoms with Crippen molar-refractivity contribution < 1.29 is 23.7 Å². The van der Waals surface area contributed by atoms with E-state index in [1.54, 1.807) is 20.4 Å². The van der Waals surface area contributed by atoms with Crippen LogP contribution in [0, 0.1) is 5.92 Å². The zero-order chi connectivity index (χ0) is 41.6. The van der Waals surface area contributed by atoms with Crippen molar-refractivity contribution in [3.8, 4) is 51.0 Å². The molecular formula is C48H52ClN5O5. The Bertz CT molecular complexity index is 2320. The van der Waals surface area contributed by atoms with Gasteiger partial charge in [-0.2, -0.15) is 0 Å². The van der Waals surface area contributed by atoms with Crippen LogP contribution in [0.1, 0.15) is 68.6 Å². The van der Waals surface area contributed by atoms with Gasteiger partial charge in [0.2, 0.25) is 0 Å². The number of fused-ring (bicyclic) bond motifs is 6. The Morgan fingerprint density at radius 3 is 1.78 bits per heavy atom. The number of aromatic nitrogens is 2. The number of pyridine rings is 2. The Morgan fingerprint density at radius 2 is 1.20 bits per heavy atom. The maximum atomic E-state index is 6.24. The molecule has 10 nitrogen and oxygen atoms in total. The van der Waals surface area contributed by atoms with Gasteiger partial charge in [0.25, 0.3) is 0 Å². The number of methoxy groups -OCH3 is 2. The Labute approximate surface area is 352 Å². The maximum Gasteiger partial charge on any atom is 0.131 e. The van der Waals surface area contributed by atoms with Crippen LogP contribution >= 0.6 is 11.6 Å². The number of ether oxygens (including phenoxy) is 5. The standard InChI is InChI=1S/C29H27ClN2O3.C19H25N3O2/c1-19-27-16-31-29(15-26(27)25-13-8-22(30)14-28(25)35-19)32(17-20-4-9-23(33-2)10-5-20)18-21-6-11-24(34-3)12-7-21;1-11(2)6-13(20)10-23-14-4-5-15-16-8-19(21)22-9-17(16)12(3)24-18(15)7-14/h4-16,19H,17-18H2,1-3H3;4-5,7-9,11-13H,6,10,20H2,1-3H3,(H2,21,22)/t;12?,13-/m.0/s1. The number of nitrogens with zero attached hydrogens (tertiary/aromatic N) is 3. The predicted octanol–water partition coefficient (Wildman–Crippen LogP) is 10.6. The van der Waals surface area contributed by atoms with E-state index < -0.39 is 0 Å². The van der Waals surface area contributed by atoms with Gasteiger partial charge in [0, 0.05) is 64.9 Å². The third kappa shape index (κ3) is 9.84. The number of benzene rings is 4. The molecule has 4 heterocycles. The molecule has 8 rings (SSSR count). The molecule has 0 radical (unpaired) electrons. The van der Waals surface area contributed by atoms with Crippen LogP contribution < -0.4 is 40.1 Å². The number of nitrogens with two attached hydrogens (primary N) is 2. The Balaban J connectivity index is 0.000000192. The summed E-state index contributed by atoms with van der Waals surface area (Å²) >= 11 is 6.24. The van der Waals surface area contributed by atoms with Crippen molar-refractivity contribution in [1.29, 1.82) is 0 Å². The quantitative estimate of drug-likeness (QED) is 0.123. The number of hydrogen-bond donors (Lipinski definition) is 2. The monoisotopic (exact) mass is 813 g/mol. The van der Waals surface area contributed by atoms with E-state index in [1.165, 1.54) is 11.1 Å². The van der Waals surface area contributed by atoms with E-state index >= 15 is 0 Å². The SMILES string of the molecule is CC(C)C[C@H](N)COc1ccc2c(c1)OC(C)c1cnc(N)cc1-2.COc1ccc(CN(Cc2ccc(OC)cc2)c2cc3c(cn2)C(C)Oc2cc(Cl)ccc2-3)cc1. The van der Waals surface area contributed by atoms with Crippen LogP contribution in [0.5, 0.6) is 28.7 Å². The molecule has 4 aromatic carbocycles. The topological polar surface area (TPSA) is 127 Å². The van der Waals surface area contributed by atoms with Gasteiger partial charge in [-0.3, -0.25) is 0 Å². The molecule has 59 heavy (non-hydrogen) atoms. The van der Waals surface area contributed by atoms with Gasteiger partial charge < -0.3 is 40.1 Å². The molecule has 2 unspecified atom stereocenters. The van der Waals surface area contributed by atoms with Crippen LogP contribution in [-0.2, 0) is 13.1 Å². The van der Waals surface area contributed by atoms with Gasteiger partial charge in [0.1, 0.15) is 59.2 Å². The highest BCUT2D eigenvalue weighted by molar-refractivity contribution is 6.30. The minimum absolute atomic E-state index is 0.0347. The van der Waals surface area contributed by atoms with Crippen molar-refractivity contribution in [2.75, 3.05) is 31.5 Å². The van der Waals surface area contributed by atoms with Crippen LogP contribution in [0.3, 0.4) is 0 Å². The highest BCUT2D eigenvalue weighted by Crippen LogP contribution is 2.45. The molecule has 6 aromatic rings. The molecule has 0 aliphatic carbocycles. The van der Waals surface area contributed by atoms with E-state index in [1.807, 2.05) is 86.8 Å². The fraction of sp³-hybridized carbons (Fsp3) is 0.292. The minimum atomic E-state index is -0.103. The first kappa shape index (κ1) is 41.2. The zero-order valence-corrected chi connectivity index (χ0v) is 35.2. The van der Waals surface area contributed by atoms with Crippen LogP contribution in [0.2, 0.25) is 5.02 Å². The van der Waals surface area contributed by atoms with E-state index in [4.69, 9.17) is 51.7 Å². The summed E-state index contributed by atoms with van der Waals surface area (Å²) in [4.78, 5) is 11.3. The molecule has 0 fully saturated rings. The second kappa shape index (κ2) is 18.3. The highest BCUT2D eigenvalue weighted by Gasteiger charge is 2.26. The lowest BCUT2D eigenvalue weighted by Gasteiger charge is -2.29. The summed E-state index contributed by atoms with van der Waals surface area (Å²) in [6.45, 7) is 10.3. The van der Waals surface area contributed by atoms with E-state index in [2.05, 4.69) is 54.1 Å². The third-order valence-corrected chi connectivity index (χ3v) is 10.7. The van der Waals surface area contributed by atoms with Gasteiger partial charge in [-0.25, -0.2) is 9.97 Å². The zero-order valence-electron chi connectivity index (χ0n) is 34.4. The van der Waals surface area contributed by atoms with E-state index in [-0.39, 0.29) is 18.2 Å². The number of nitrogen functional groups attached to an aromatic ring is 1. The average Bonchev–Trinajstić information content (AvgIpc) is 3.23. The van der Waals surface area contributed by atoms with Gasteiger partial charge >= 0.3 is 0 Å². The molecular weight excluding hydrogens is 762 g/mol. The Hall–Kier alpha value is -5.97. The van der Waals surface area contributed by atoms with Crippen molar-refractivity contribution in [2.24, 2.45) is 11.7 Å². The summed E-state index contributed by atoms with van der Waals surface area (Å²) in [5, 5.41) is 0.661. The van der Waals surface area contributed by atoms with Gasteiger partial charge in [-0.05, 0) is 115 Å². The van der Waals surface area contributed by atoms with Crippen LogP contribution in [0.4, 0.5) is 11.6 Å². The molecule has 0 spiro atoms. The van der Waals surface area contributed by atoms with E-state index in [0.29, 0.717) is 36.5 Å². The summed E-state index contributed by atoms with van der Waals surface area (Å²) in [5.74, 6) is 6.01. The summed E-state index contributed by atoms with van der Waals surface area (Å²) < 4.78 is 28.6. The smallest absolute Gasteiger partial charge is 0.131 e. The molecule has 0 amide bonds. The lowest BCUT2D eigenvalue weighted by molar-refractivity contribution is 0.220. The number of rotatable bonds is 12. The van der Waals surface area contributed by atoms with Crippen molar-refractivity contribution in [3.63, 3.8) is 0 Å². The summed E-state index contributed by atoms with van der Waals surface area (Å²) in [6, 6.07) is 32.1. The van der Waals surface area contributed by atoms with Gasteiger partial charge in [-0.15, -0.1) is 0 Å². The van der Waals surface area contributed by atoms with E-state index in [9.17, 15) is 0 Å². The Morgan fingerprint density at radius 1 is 0.678 bits per heavy atom. The van der Waals surface area contributed by atoms with Crippen molar-refractivity contribution in [3.05, 3.63) is 137 Å². The molecule has 2 aliphatic heterocycles. The van der Waals surface area contributed by atoms with Crippen LogP contribution in [0.25, 0.3) is 22.3 Å². The van der Waals surface area contributed by atoms with Crippen LogP contribution in [0.15, 0.2) is 109 Å². The molecule has 2 aliphatic rings. The first-order valence-corrected chi connectivity index (χ1v) is 20.3. The molecule has 0 saturated heterocycles. The summed E-state index contributed by atoms with van der Waals surface area (Å²) in [5.41, 5.74) is 20.6. The number of anilines is 2. The molecule has 11 heteroatoms. The summed E-state index contributed by atoms with van der Waals surface area (Å²) in [7, 11) is 3.36. The lowest BCUT2D eigenvalue weighted by atomic mass is 9.95. The maximum absolute atomic E-state index is 6.24. The van der Waals surface area contributed by atoms with Gasteiger partial charge in [-0.1, -0.05) is 49.7 Å². The number of hydrogen-bond acceptors (Lipinski definition) is 10. The third-order valence-electron chi connectivity index (χ3n) is 10.5. The molecule has 0 bridgehead atoms. The van der Waals surface area contributed by atoms with E-state index in [0.717, 1.165) is 74.4 Å². The van der Waals surface area contributed by atoms with Gasteiger partial charge in [0.15, 0.2) is 0 Å². The normalized spacial score (nSPS) is 15.1. The van der Waals surface area contributed by atoms with Crippen molar-refractivity contribution in [1.82, 2.24) is 9.97 Å². The molecule has 306 valence electrons. The fourth-order valence-electron chi connectivity index (χ4n) is 7.46. The van der Waals surface area contributed by atoms with Gasteiger partial charge in [0.05, 0.1) is 14.2 Å². The van der Waals surface area contributed by atoms with Crippen molar-refractivity contribution in [2.45, 2.75) is 65.5 Å². The molecule has 3 atom stereocenters. The molecule has 2 aromatic heterocycles. The largest absolute Gasteiger partial charge is 0.497 e. The first-order valence-electron chi connectivity index (χ1n) is 19.9. The molecule has 0 saturated carbocycles. The Kier molecular flexibility index (Phi) is 12.8. The van der Waals surface area contributed by atoms with Crippen molar-refractivity contribution >= 4 is 23.2 Å². The highest BCUT2D eigenvalue weighted by atomic mass is 35.5. The average molecular weight is 814 g/mol. The second-order valence-electron chi connectivity index (χ2n) is 15.4. The van der Waals surface area contributed by atoms with Crippen LogP contribution in [-0.4, -0.2) is 36.8 Å². The summed E-state index contributed by atoms with van der Waals surface area (Å²) in [6.07, 6.45) is 4.49. The minimum Gasteiger partial charge on any atom is -0.497 e. The number of halogens is 1. The second-order valence-corrected chi connectivity index (χ2v) is 15.8. The first-order chi connectivity index (χ1) is 28.5. The predicted molar refractivity (Wildman–Crippen MR) is 236 cm³/mol.